The van der Waals surface area contributed by atoms with Crippen LogP contribution < -0.4 is 15.2 Å². The van der Waals surface area contributed by atoms with E-state index in [1.165, 1.54) is 0 Å². The maximum atomic E-state index is 14.4. The van der Waals surface area contributed by atoms with Crippen LogP contribution in [-0.4, -0.2) is 97.0 Å². The molecular weight excluding hydrogens is 572 g/mol. The van der Waals surface area contributed by atoms with Crippen molar-refractivity contribution >= 4 is 33.8 Å². The van der Waals surface area contributed by atoms with Crippen LogP contribution in [0, 0.1) is 6.92 Å². The number of carbonyl (C=O) groups excluding carboxylic acids is 1. The number of anilines is 1. The molecule has 0 spiro atoms. The highest BCUT2D eigenvalue weighted by atomic mass is 16.6. The maximum Gasteiger partial charge on any atom is 0.410 e. The first kappa shape index (κ1) is 30.8. The number of nitrogens with zero attached hydrogens (tertiary/aromatic N) is 8. The standard InChI is InChI=1S/C33H44N8O4/c1-20-16-39(32(43)45-33(4,5)6)17-21(2)40(20)29-27-28(35-31(36-29)44-19-23-12-11-15-37(23)7)30(42)41(22(3)34-27)26-18-38(8)25-14-10-9-13-24(25)26/h9-10,13-14,18,20-21,23H,11-12,15-17,19H2,1-8H3/t20-,21-,23-/m0/s1. The Balaban J connectivity index is 1.46. The fourth-order valence-electron chi connectivity index (χ4n) is 6.74. The van der Waals surface area contributed by atoms with Gasteiger partial charge in [-0.3, -0.25) is 9.36 Å². The summed E-state index contributed by atoms with van der Waals surface area (Å²) in [4.78, 5) is 48.1. The van der Waals surface area contributed by atoms with Gasteiger partial charge in [0.25, 0.3) is 5.56 Å². The van der Waals surface area contributed by atoms with E-state index in [9.17, 15) is 9.59 Å². The van der Waals surface area contributed by atoms with Crippen LogP contribution in [0.5, 0.6) is 6.01 Å². The molecule has 1 amide bonds. The molecule has 12 heteroatoms. The van der Waals surface area contributed by atoms with E-state index < -0.39 is 5.60 Å². The van der Waals surface area contributed by atoms with E-state index in [1.807, 2.05) is 83.6 Å². The average Bonchev–Trinajstić information content (AvgIpc) is 3.53. The molecule has 6 rings (SSSR count). The third kappa shape index (κ3) is 5.83. The summed E-state index contributed by atoms with van der Waals surface area (Å²) in [6.45, 7) is 13.8. The number of rotatable bonds is 5. The van der Waals surface area contributed by atoms with Crippen LogP contribution >= 0.6 is 0 Å². The number of aromatic nitrogens is 5. The van der Waals surface area contributed by atoms with E-state index in [2.05, 4.69) is 16.8 Å². The van der Waals surface area contributed by atoms with Crippen LogP contribution in [0.4, 0.5) is 10.6 Å². The largest absolute Gasteiger partial charge is 0.462 e. The zero-order valence-corrected chi connectivity index (χ0v) is 27.6. The Bertz CT molecular complexity index is 1800. The zero-order valence-electron chi connectivity index (χ0n) is 27.6. The summed E-state index contributed by atoms with van der Waals surface area (Å²) in [5, 5.41) is 0.946. The van der Waals surface area contributed by atoms with Crippen LogP contribution in [0.3, 0.4) is 0 Å². The number of benzene rings is 1. The van der Waals surface area contributed by atoms with Gasteiger partial charge < -0.3 is 28.7 Å². The molecule has 0 radical (unpaired) electrons. The molecule has 3 atom stereocenters. The minimum atomic E-state index is -0.589. The second-order valence-corrected chi connectivity index (χ2v) is 13.5. The van der Waals surface area contributed by atoms with Gasteiger partial charge in [-0.25, -0.2) is 9.78 Å². The lowest BCUT2D eigenvalue weighted by molar-refractivity contribution is 0.0192. The molecule has 0 unspecified atom stereocenters. The van der Waals surface area contributed by atoms with E-state index in [-0.39, 0.29) is 41.3 Å². The number of carbonyl (C=O) groups is 1. The minimum absolute atomic E-state index is 0.143. The summed E-state index contributed by atoms with van der Waals surface area (Å²) in [5.41, 5.74) is 1.50. The summed E-state index contributed by atoms with van der Waals surface area (Å²) in [7, 11) is 4.06. The molecular formula is C33H44N8O4. The number of fused-ring (bicyclic) bond motifs is 2. The van der Waals surface area contributed by atoms with Crippen molar-refractivity contribution in [3.8, 4) is 11.7 Å². The molecule has 2 aliphatic heterocycles. The van der Waals surface area contributed by atoms with E-state index in [0.29, 0.717) is 36.9 Å². The van der Waals surface area contributed by atoms with Crippen LogP contribution in [0.2, 0.25) is 0 Å². The van der Waals surface area contributed by atoms with Crippen molar-refractivity contribution in [1.82, 2.24) is 33.9 Å². The average molecular weight is 617 g/mol. The lowest BCUT2D eigenvalue weighted by Gasteiger charge is -2.45. The number of piperazine rings is 1. The lowest BCUT2D eigenvalue weighted by atomic mass is 10.1. The van der Waals surface area contributed by atoms with Crippen molar-refractivity contribution in [2.45, 2.75) is 78.1 Å². The van der Waals surface area contributed by atoms with E-state index >= 15 is 0 Å². The Morgan fingerprint density at radius 2 is 1.73 bits per heavy atom. The highest BCUT2D eigenvalue weighted by molar-refractivity contribution is 5.90. The van der Waals surface area contributed by atoms with Crippen molar-refractivity contribution in [2.24, 2.45) is 7.05 Å². The summed E-state index contributed by atoms with van der Waals surface area (Å²) in [5.74, 6) is 1.06. The van der Waals surface area contributed by atoms with Gasteiger partial charge in [0.1, 0.15) is 23.5 Å². The smallest absolute Gasteiger partial charge is 0.410 e. The Hall–Kier alpha value is -4.19. The molecule has 3 aromatic heterocycles. The second-order valence-electron chi connectivity index (χ2n) is 13.5. The van der Waals surface area contributed by atoms with Crippen LogP contribution in [-0.2, 0) is 11.8 Å². The van der Waals surface area contributed by atoms with Gasteiger partial charge in [0.05, 0.1) is 5.69 Å². The predicted molar refractivity (Wildman–Crippen MR) is 175 cm³/mol. The molecule has 5 heterocycles. The highest BCUT2D eigenvalue weighted by Crippen LogP contribution is 2.32. The summed E-state index contributed by atoms with van der Waals surface area (Å²) >= 11 is 0. The number of amides is 1. The predicted octanol–water partition coefficient (Wildman–Crippen LogP) is 4.28. The number of aryl methyl sites for hydroxylation is 2. The Kier molecular flexibility index (Phi) is 7.96. The molecule has 2 saturated heterocycles. The SMILES string of the molecule is Cc1nc2c(N3[C@@H](C)CN(C(=O)OC(C)(C)C)C[C@@H]3C)nc(OC[C@@H]3CCCN3C)nc2c(=O)n1-c1cn(C)c2ccccc12. The molecule has 240 valence electrons. The summed E-state index contributed by atoms with van der Waals surface area (Å²) in [6.07, 6.45) is 3.75. The molecule has 2 aliphatic rings. The second kappa shape index (κ2) is 11.6. The molecule has 4 aromatic rings. The number of hydrogen-bond acceptors (Lipinski definition) is 9. The topological polar surface area (TPSA) is 111 Å². The van der Waals surface area contributed by atoms with Crippen LogP contribution in [0.25, 0.3) is 27.6 Å². The fourth-order valence-corrected chi connectivity index (χ4v) is 6.74. The van der Waals surface area contributed by atoms with E-state index in [1.54, 1.807) is 9.47 Å². The number of likely N-dealkylation sites (tertiary alicyclic amines) is 1. The molecule has 45 heavy (non-hydrogen) atoms. The van der Waals surface area contributed by atoms with Crippen LogP contribution in [0.1, 0.15) is 53.3 Å². The fraction of sp³-hybridized carbons (Fsp3) is 0.545. The van der Waals surface area contributed by atoms with Gasteiger partial charge in [0, 0.05) is 55.4 Å². The van der Waals surface area contributed by atoms with E-state index in [0.717, 1.165) is 36.0 Å². The molecule has 2 fully saturated rings. The number of ether oxygens (including phenoxy) is 2. The third-order valence-electron chi connectivity index (χ3n) is 8.86. The highest BCUT2D eigenvalue weighted by Gasteiger charge is 2.37. The zero-order chi connectivity index (χ0) is 32.2. The molecule has 0 bridgehead atoms. The number of hydrogen-bond donors (Lipinski definition) is 0. The summed E-state index contributed by atoms with van der Waals surface area (Å²) in [6, 6.07) is 8.10. The van der Waals surface area contributed by atoms with Crippen molar-refractivity contribution in [2.75, 3.05) is 38.2 Å². The first-order chi connectivity index (χ1) is 21.3. The van der Waals surface area contributed by atoms with Gasteiger partial charge in [-0.2, -0.15) is 9.97 Å². The van der Waals surface area contributed by atoms with Gasteiger partial charge in [-0.15, -0.1) is 0 Å². The number of para-hydroxylation sites is 1. The van der Waals surface area contributed by atoms with Crippen molar-refractivity contribution in [3.63, 3.8) is 0 Å². The Labute approximate surface area is 263 Å². The Morgan fingerprint density at radius 3 is 2.40 bits per heavy atom. The molecule has 1 aromatic carbocycles. The third-order valence-corrected chi connectivity index (χ3v) is 8.86. The molecule has 12 nitrogen and oxygen atoms in total. The van der Waals surface area contributed by atoms with Crippen molar-refractivity contribution in [1.29, 1.82) is 0 Å². The van der Waals surface area contributed by atoms with Gasteiger partial charge in [-0.05, 0) is 74.0 Å². The van der Waals surface area contributed by atoms with Gasteiger partial charge in [-0.1, -0.05) is 18.2 Å². The first-order valence-electron chi connectivity index (χ1n) is 15.8. The van der Waals surface area contributed by atoms with Crippen LogP contribution in [0.15, 0.2) is 35.3 Å². The summed E-state index contributed by atoms with van der Waals surface area (Å²) < 4.78 is 15.5. The quantitative estimate of drug-likeness (QED) is 0.324. The normalized spacial score (nSPS) is 21.2. The monoisotopic (exact) mass is 616 g/mol. The van der Waals surface area contributed by atoms with E-state index in [4.69, 9.17) is 24.4 Å². The molecule has 0 saturated carbocycles. The molecule has 0 N–H and O–H groups in total. The number of likely N-dealkylation sites (N-methyl/N-ethyl adjacent to an activating group) is 1. The maximum absolute atomic E-state index is 14.4. The van der Waals surface area contributed by atoms with Crippen molar-refractivity contribution < 1.29 is 14.3 Å². The van der Waals surface area contributed by atoms with Gasteiger partial charge in [0.2, 0.25) is 0 Å². The minimum Gasteiger partial charge on any atom is -0.462 e. The van der Waals surface area contributed by atoms with Crippen molar-refractivity contribution in [3.05, 3.63) is 46.6 Å². The molecule has 0 aliphatic carbocycles. The lowest BCUT2D eigenvalue weighted by Crippen LogP contribution is -2.59. The Morgan fingerprint density at radius 1 is 1.02 bits per heavy atom. The first-order valence-corrected chi connectivity index (χ1v) is 15.8. The van der Waals surface area contributed by atoms with Gasteiger partial charge >= 0.3 is 12.1 Å². The van der Waals surface area contributed by atoms with Gasteiger partial charge in [0.15, 0.2) is 11.3 Å².